The van der Waals surface area contributed by atoms with Crippen molar-refractivity contribution in [2.24, 2.45) is 5.92 Å². The van der Waals surface area contributed by atoms with E-state index in [1.165, 1.54) is 0 Å². The molecule has 6 nitrogen and oxygen atoms in total. The van der Waals surface area contributed by atoms with E-state index in [9.17, 15) is 14.4 Å². The van der Waals surface area contributed by atoms with E-state index in [-0.39, 0.29) is 5.91 Å². The van der Waals surface area contributed by atoms with Gasteiger partial charge in [-0.25, -0.2) is 0 Å². The van der Waals surface area contributed by atoms with Crippen LogP contribution in [0.3, 0.4) is 0 Å². The fraction of sp³-hybridized carbons (Fsp3) is 0.375. The van der Waals surface area contributed by atoms with E-state index in [1.807, 2.05) is 44.2 Å². The van der Waals surface area contributed by atoms with Crippen LogP contribution in [-0.4, -0.2) is 35.8 Å². The zero-order chi connectivity index (χ0) is 21.5. The van der Waals surface area contributed by atoms with E-state index in [1.54, 1.807) is 29.2 Å². The number of amides is 2. The van der Waals surface area contributed by atoms with Crippen LogP contribution in [-0.2, 0) is 19.1 Å². The summed E-state index contributed by atoms with van der Waals surface area (Å²) in [5.41, 5.74) is 2.33. The Morgan fingerprint density at radius 1 is 1.10 bits per heavy atom. The van der Waals surface area contributed by atoms with Crippen molar-refractivity contribution in [1.29, 1.82) is 0 Å². The highest BCUT2D eigenvalue weighted by molar-refractivity contribution is 5.96. The van der Waals surface area contributed by atoms with Gasteiger partial charge in [0, 0.05) is 30.8 Å². The van der Waals surface area contributed by atoms with Crippen LogP contribution < -0.4 is 5.32 Å². The van der Waals surface area contributed by atoms with Crippen LogP contribution in [0, 0.1) is 12.8 Å². The van der Waals surface area contributed by atoms with Crippen molar-refractivity contribution in [2.75, 3.05) is 18.4 Å². The lowest BCUT2D eigenvalue weighted by atomic mass is 9.97. The third-order valence-electron chi connectivity index (χ3n) is 5.30. The van der Waals surface area contributed by atoms with Crippen LogP contribution in [0.25, 0.3) is 0 Å². The van der Waals surface area contributed by atoms with Gasteiger partial charge in [-0.15, -0.1) is 0 Å². The third-order valence-corrected chi connectivity index (χ3v) is 5.30. The molecule has 1 fully saturated rings. The number of piperidine rings is 1. The van der Waals surface area contributed by atoms with Crippen LogP contribution in [0.2, 0.25) is 0 Å². The minimum Gasteiger partial charge on any atom is -0.447 e. The standard InChI is InChI=1S/C24H28N2O4/c1-3-21(27)26-15-7-10-19(16-26)24(29)30-22(18-8-5-4-6-9-18)23(28)25-20-13-11-17(2)12-14-20/h4-6,8-9,11-14,19,22H,3,7,10,15-16H2,1-2H3,(H,25,28). The van der Waals surface area contributed by atoms with Gasteiger partial charge in [0.2, 0.25) is 12.0 Å². The molecule has 30 heavy (non-hydrogen) atoms. The van der Waals surface area contributed by atoms with Gasteiger partial charge in [0.25, 0.3) is 5.91 Å². The van der Waals surface area contributed by atoms with Gasteiger partial charge in [-0.1, -0.05) is 55.0 Å². The highest BCUT2D eigenvalue weighted by Crippen LogP contribution is 2.25. The Balaban J connectivity index is 1.74. The number of hydrogen-bond acceptors (Lipinski definition) is 4. The number of carbonyl (C=O) groups excluding carboxylic acids is 3. The number of carbonyl (C=O) groups is 3. The maximum Gasteiger partial charge on any atom is 0.311 e. The molecular formula is C24H28N2O4. The summed E-state index contributed by atoms with van der Waals surface area (Å²) < 4.78 is 5.71. The minimum absolute atomic E-state index is 0.0317. The number of likely N-dealkylation sites (tertiary alicyclic amines) is 1. The fourth-order valence-electron chi connectivity index (χ4n) is 3.58. The van der Waals surface area contributed by atoms with Crippen molar-refractivity contribution < 1.29 is 19.1 Å². The van der Waals surface area contributed by atoms with Crippen molar-refractivity contribution in [3.63, 3.8) is 0 Å². The number of aryl methyl sites for hydroxylation is 1. The lowest BCUT2D eigenvalue weighted by Gasteiger charge is -2.32. The van der Waals surface area contributed by atoms with Crippen molar-refractivity contribution in [1.82, 2.24) is 4.90 Å². The Labute approximate surface area is 177 Å². The minimum atomic E-state index is -1.06. The summed E-state index contributed by atoms with van der Waals surface area (Å²) in [6.45, 7) is 4.78. The van der Waals surface area contributed by atoms with Crippen LogP contribution >= 0.6 is 0 Å². The summed E-state index contributed by atoms with van der Waals surface area (Å²) in [6, 6.07) is 16.4. The number of anilines is 1. The topological polar surface area (TPSA) is 75.7 Å². The molecule has 2 amide bonds. The summed E-state index contributed by atoms with van der Waals surface area (Å²) >= 11 is 0. The van der Waals surface area contributed by atoms with Gasteiger partial charge in [0.1, 0.15) is 0 Å². The Hall–Kier alpha value is -3.15. The maximum absolute atomic E-state index is 13.0. The molecule has 0 saturated carbocycles. The zero-order valence-electron chi connectivity index (χ0n) is 17.5. The average Bonchev–Trinajstić information content (AvgIpc) is 2.78. The maximum atomic E-state index is 13.0. The van der Waals surface area contributed by atoms with E-state index < -0.39 is 23.9 Å². The first-order chi connectivity index (χ1) is 14.5. The van der Waals surface area contributed by atoms with Crippen molar-refractivity contribution in [3.05, 3.63) is 65.7 Å². The Morgan fingerprint density at radius 3 is 2.47 bits per heavy atom. The average molecular weight is 408 g/mol. The Kier molecular flexibility index (Phi) is 7.22. The summed E-state index contributed by atoms with van der Waals surface area (Å²) in [4.78, 5) is 39.6. The first kappa shape index (κ1) is 21.6. The molecule has 1 saturated heterocycles. The molecule has 158 valence electrons. The number of hydrogen-bond donors (Lipinski definition) is 1. The third kappa shape index (κ3) is 5.47. The second-order valence-electron chi connectivity index (χ2n) is 7.62. The molecule has 1 heterocycles. The highest BCUT2D eigenvalue weighted by atomic mass is 16.5. The molecule has 2 aromatic carbocycles. The molecule has 3 rings (SSSR count). The molecule has 6 heteroatoms. The normalized spacial score (nSPS) is 17.1. The second-order valence-corrected chi connectivity index (χ2v) is 7.62. The number of nitrogens with one attached hydrogen (secondary N) is 1. The van der Waals surface area contributed by atoms with Gasteiger partial charge in [-0.2, -0.15) is 0 Å². The van der Waals surface area contributed by atoms with E-state index >= 15 is 0 Å². The molecule has 1 N–H and O–H groups in total. The van der Waals surface area contributed by atoms with Gasteiger partial charge >= 0.3 is 5.97 Å². The molecule has 2 atom stereocenters. The molecule has 0 aliphatic carbocycles. The van der Waals surface area contributed by atoms with Crippen molar-refractivity contribution >= 4 is 23.5 Å². The molecule has 0 spiro atoms. The van der Waals surface area contributed by atoms with E-state index in [2.05, 4.69) is 5.32 Å². The molecule has 0 radical (unpaired) electrons. The SMILES string of the molecule is CCC(=O)N1CCCC(C(=O)OC(C(=O)Nc2ccc(C)cc2)c2ccccc2)C1. The predicted octanol–water partition coefficient (Wildman–Crippen LogP) is 3.87. The molecule has 2 unspecified atom stereocenters. The van der Waals surface area contributed by atoms with Crippen molar-refractivity contribution in [3.8, 4) is 0 Å². The quantitative estimate of drug-likeness (QED) is 0.737. The highest BCUT2D eigenvalue weighted by Gasteiger charge is 2.33. The number of benzene rings is 2. The van der Waals surface area contributed by atoms with E-state index in [0.29, 0.717) is 37.2 Å². The van der Waals surface area contributed by atoms with Crippen LogP contribution in [0.5, 0.6) is 0 Å². The first-order valence-corrected chi connectivity index (χ1v) is 10.4. The number of esters is 1. The Bertz CT molecular complexity index is 880. The van der Waals surface area contributed by atoms with Crippen LogP contribution in [0.15, 0.2) is 54.6 Å². The summed E-state index contributed by atoms with van der Waals surface area (Å²) in [6.07, 6.45) is 0.745. The molecule has 2 aromatic rings. The van der Waals surface area contributed by atoms with Gasteiger partial charge in [0.05, 0.1) is 5.92 Å². The molecule has 1 aliphatic rings. The first-order valence-electron chi connectivity index (χ1n) is 10.4. The van der Waals surface area contributed by atoms with Gasteiger partial charge < -0.3 is 15.0 Å². The predicted molar refractivity (Wildman–Crippen MR) is 115 cm³/mol. The summed E-state index contributed by atoms with van der Waals surface area (Å²) in [5, 5.41) is 2.83. The molecular weight excluding hydrogens is 380 g/mol. The monoisotopic (exact) mass is 408 g/mol. The van der Waals surface area contributed by atoms with Crippen LogP contribution in [0.1, 0.15) is 43.4 Å². The van der Waals surface area contributed by atoms with Crippen molar-refractivity contribution in [2.45, 2.75) is 39.2 Å². The molecule has 0 aromatic heterocycles. The van der Waals surface area contributed by atoms with E-state index in [4.69, 9.17) is 4.74 Å². The second kappa shape index (κ2) is 10.1. The largest absolute Gasteiger partial charge is 0.447 e. The van der Waals surface area contributed by atoms with E-state index in [0.717, 1.165) is 12.0 Å². The lowest BCUT2D eigenvalue weighted by molar-refractivity contribution is -0.161. The number of nitrogens with zero attached hydrogens (tertiary/aromatic N) is 1. The van der Waals surface area contributed by atoms with Gasteiger partial charge in [-0.3, -0.25) is 14.4 Å². The van der Waals surface area contributed by atoms with Gasteiger partial charge in [-0.05, 0) is 31.9 Å². The lowest BCUT2D eigenvalue weighted by Crippen LogP contribution is -2.43. The summed E-state index contributed by atoms with van der Waals surface area (Å²) in [5.74, 6) is -1.25. The number of rotatable bonds is 6. The Morgan fingerprint density at radius 2 is 1.80 bits per heavy atom. The molecule has 1 aliphatic heterocycles. The fourth-order valence-corrected chi connectivity index (χ4v) is 3.58. The van der Waals surface area contributed by atoms with Crippen LogP contribution in [0.4, 0.5) is 5.69 Å². The zero-order valence-corrected chi connectivity index (χ0v) is 17.5. The number of ether oxygens (including phenoxy) is 1. The van der Waals surface area contributed by atoms with Gasteiger partial charge in [0.15, 0.2) is 0 Å². The smallest absolute Gasteiger partial charge is 0.311 e. The molecule has 0 bridgehead atoms. The summed E-state index contributed by atoms with van der Waals surface area (Å²) in [7, 11) is 0.